The van der Waals surface area contributed by atoms with Crippen LogP contribution in [0.3, 0.4) is 0 Å². The average molecular weight is 255 g/mol. The third-order valence-corrected chi connectivity index (χ3v) is 3.83. The zero-order valence-corrected chi connectivity index (χ0v) is 10.9. The van der Waals surface area contributed by atoms with E-state index in [1.54, 1.807) is 0 Å². The van der Waals surface area contributed by atoms with Crippen molar-refractivity contribution in [3.05, 3.63) is 29.3 Å². The molecular formula is C13H19ClN2O. The Bertz CT molecular complexity index is 364. The number of nitrogens with two attached hydrogens (primary N) is 1. The molecule has 17 heavy (non-hydrogen) atoms. The van der Waals surface area contributed by atoms with Crippen molar-refractivity contribution in [2.45, 2.75) is 37.8 Å². The third-order valence-electron chi connectivity index (χ3n) is 3.60. The summed E-state index contributed by atoms with van der Waals surface area (Å²) in [5.41, 5.74) is 1.18. The van der Waals surface area contributed by atoms with E-state index >= 15 is 0 Å². The molecule has 0 saturated heterocycles. The van der Waals surface area contributed by atoms with Gasteiger partial charge in [-0.1, -0.05) is 17.7 Å². The van der Waals surface area contributed by atoms with Crippen molar-refractivity contribution in [3.8, 4) is 0 Å². The van der Waals surface area contributed by atoms with Crippen LogP contribution in [-0.2, 0) is 4.84 Å². The number of hydrogen-bond acceptors (Lipinski definition) is 3. The lowest BCUT2D eigenvalue weighted by molar-refractivity contribution is 0.0243. The second-order valence-corrected chi connectivity index (χ2v) is 5.09. The summed E-state index contributed by atoms with van der Waals surface area (Å²) < 4.78 is 0. The Labute approximate surface area is 107 Å². The predicted octanol–water partition coefficient (Wildman–Crippen LogP) is 2.98. The molecule has 3 nitrogen and oxygen atoms in total. The molecule has 1 saturated carbocycles. The summed E-state index contributed by atoms with van der Waals surface area (Å²) in [5.74, 6) is 5.22. The molecule has 0 amide bonds. The van der Waals surface area contributed by atoms with Gasteiger partial charge in [0.15, 0.2) is 0 Å². The Balaban J connectivity index is 1.99. The van der Waals surface area contributed by atoms with Crippen LogP contribution in [0.4, 0.5) is 5.69 Å². The fourth-order valence-corrected chi connectivity index (χ4v) is 2.66. The third kappa shape index (κ3) is 3.12. The molecule has 0 atom stereocenters. The minimum atomic E-state index is 0.235. The first-order valence-electron chi connectivity index (χ1n) is 6.04. The van der Waals surface area contributed by atoms with E-state index < -0.39 is 0 Å². The minimum absolute atomic E-state index is 0.235. The van der Waals surface area contributed by atoms with Gasteiger partial charge >= 0.3 is 0 Å². The van der Waals surface area contributed by atoms with E-state index in [0.29, 0.717) is 6.04 Å². The molecule has 2 N–H and O–H groups in total. The summed E-state index contributed by atoms with van der Waals surface area (Å²) in [6.07, 6.45) is 4.53. The quantitative estimate of drug-likeness (QED) is 0.843. The lowest BCUT2D eigenvalue weighted by Gasteiger charge is -2.35. The Hall–Kier alpha value is -0.770. The highest BCUT2D eigenvalue weighted by molar-refractivity contribution is 6.30. The molecule has 1 aromatic carbocycles. The number of rotatable bonds is 3. The van der Waals surface area contributed by atoms with Gasteiger partial charge in [0.1, 0.15) is 0 Å². The Morgan fingerprint density at radius 3 is 2.59 bits per heavy atom. The molecule has 1 aliphatic rings. The van der Waals surface area contributed by atoms with Gasteiger partial charge in [0, 0.05) is 23.8 Å². The molecular weight excluding hydrogens is 236 g/mol. The largest absolute Gasteiger partial charge is 0.372 e. The second-order valence-electron chi connectivity index (χ2n) is 4.66. The number of benzene rings is 1. The molecule has 94 valence electrons. The van der Waals surface area contributed by atoms with E-state index in [2.05, 4.69) is 18.0 Å². The normalized spacial score (nSPS) is 24.6. The van der Waals surface area contributed by atoms with Gasteiger partial charge in [-0.15, -0.1) is 0 Å². The van der Waals surface area contributed by atoms with Gasteiger partial charge in [0.05, 0.1) is 6.10 Å². The van der Waals surface area contributed by atoms with Crippen LogP contribution >= 0.6 is 11.6 Å². The van der Waals surface area contributed by atoms with Crippen molar-refractivity contribution in [2.24, 2.45) is 5.90 Å². The summed E-state index contributed by atoms with van der Waals surface area (Å²) >= 11 is 6.01. The molecule has 0 heterocycles. The van der Waals surface area contributed by atoms with Crippen LogP contribution in [0.25, 0.3) is 0 Å². The Morgan fingerprint density at radius 2 is 2.00 bits per heavy atom. The van der Waals surface area contributed by atoms with Crippen molar-refractivity contribution in [1.82, 2.24) is 0 Å². The van der Waals surface area contributed by atoms with E-state index in [0.717, 1.165) is 30.7 Å². The molecule has 1 aromatic rings. The van der Waals surface area contributed by atoms with E-state index in [1.165, 1.54) is 5.69 Å². The maximum Gasteiger partial charge on any atom is 0.0789 e. The minimum Gasteiger partial charge on any atom is -0.372 e. The smallest absolute Gasteiger partial charge is 0.0789 e. The van der Waals surface area contributed by atoms with Gasteiger partial charge in [-0.05, 0) is 43.9 Å². The molecule has 0 spiro atoms. The van der Waals surface area contributed by atoms with Crippen molar-refractivity contribution in [2.75, 3.05) is 11.9 Å². The summed E-state index contributed by atoms with van der Waals surface area (Å²) in [6.45, 7) is 0. The fraction of sp³-hybridized carbons (Fsp3) is 0.538. The lowest BCUT2D eigenvalue weighted by atomic mass is 9.92. The molecule has 1 aliphatic carbocycles. The number of halogens is 1. The molecule has 0 radical (unpaired) electrons. The molecule has 0 bridgehead atoms. The standard InChI is InChI=1S/C13H19ClN2O/c1-16(12-4-2-3-10(14)9-12)11-5-7-13(17-15)8-6-11/h2-4,9,11,13H,5-8,15H2,1H3. The number of anilines is 1. The van der Waals surface area contributed by atoms with Gasteiger partial charge in [-0.3, -0.25) is 0 Å². The first-order chi connectivity index (χ1) is 8.20. The van der Waals surface area contributed by atoms with Crippen LogP contribution in [0.5, 0.6) is 0 Å². The van der Waals surface area contributed by atoms with E-state index in [4.69, 9.17) is 22.3 Å². The first kappa shape index (κ1) is 12.7. The summed E-state index contributed by atoms with van der Waals surface area (Å²) in [6, 6.07) is 8.55. The number of nitrogens with zero attached hydrogens (tertiary/aromatic N) is 1. The molecule has 0 unspecified atom stereocenters. The van der Waals surface area contributed by atoms with Crippen LogP contribution < -0.4 is 10.8 Å². The van der Waals surface area contributed by atoms with Crippen molar-refractivity contribution < 1.29 is 4.84 Å². The first-order valence-corrected chi connectivity index (χ1v) is 6.42. The van der Waals surface area contributed by atoms with E-state index in [9.17, 15) is 0 Å². The highest BCUT2D eigenvalue weighted by atomic mass is 35.5. The highest BCUT2D eigenvalue weighted by Gasteiger charge is 2.24. The maximum atomic E-state index is 6.01. The summed E-state index contributed by atoms with van der Waals surface area (Å²) in [7, 11) is 2.12. The van der Waals surface area contributed by atoms with Gasteiger partial charge in [-0.2, -0.15) is 0 Å². The lowest BCUT2D eigenvalue weighted by Crippen LogP contribution is -2.37. The maximum absolute atomic E-state index is 6.01. The molecule has 4 heteroatoms. The van der Waals surface area contributed by atoms with Gasteiger partial charge < -0.3 is 9.74 Å². The Morgan fingerprint density at radius 1 is 1.29 bits per heavy atom. The summed E-state index contributed by atoms with van der Waals surface area (Å²) in [4.78, 5) is 7.21. The predicted molar refractivity (Wildman–Crippen MR) is 71.2 cm³/mol. The van der Waals surface area contributed by atoms with Crippen molar-refractivity contribution in [1.29, 1.82) is 0 Å². The highest BCUT2D eigenvalue weighted by Crippen LogP contribution is 2.28. The molecule has 2 rings (SSSR count). The zero-order chi connectivity index (χ0) is 12.3. The topological polar surface area (TPSA) is 38.5 Å². The van der Waals surface area contributed by atoms with Crippen LogP contribution in [0.1, 0.15) is 25.7 Å². The molecule has 0 aromatic heterocycles. The van der Waals surface area contributed by atoms with Crippen molar-refractivity contribution in [3.63, 3.8) is 0 Å². The summed E-state index contributed by atoms with van der Waals surface area (Å²) in [5, 5.41) is 0.785. The fourth-order valence-electron chi connectivity index (χ4n) is 2.47. The average Bonchev–Trinajstić information content (AvgIpc) is 2.38. The van der Waals surface area contributed by atoms with Crippen LogP contribution in [0, 0.1) is 0 Å². The Kier molecular flexibility index (Phi) is 4.26. The second kappa shape index (κ2) is 5.71. The van der Waals surface area contributed by atoms with Gasteiger partial charge in [-0.25, -0.2) is 5.90 Å². The molecule has 1 fully saturated rings. The zero-order valence-electron chi connectivity index (χ0n) is 10.1. The monoisotopic (exact) mass is 254 g/mol. The van der Waals surface area contributed by atoms with Gasteiger partial charge in [0.25, 0.3) is 0 Å². The van der Waals surface area contributed by atoms with Crippen LogP contribution in [0.15, 0.2) is 24.3 Å². The van der Waals surface area contributed by atoms with Gasteiger partial charge in [0.2, 0.25) is 0 Å². The van der Waals surface area contributed by atoms with Crippen LogP contribution in [-0.4, -0.2) is 19.2 Å². The van der Waals surface area contributed by atoms with Crippen LogP contribution in [0.2, 0.25) is 5.02 Å². The number of hydrogen-bond donors (Lipinski definition) is 1. The van der Waals surface area contributed by atoms with E-state index in [1.807, 2.05) is 18.2 Å². The molecule has 0 aliphatic heterocycles. The SMILES string of the molecule is CN(c1cccc(Cl)c1)C1CCC(ON)CC1. The van der Waals surface area contributed by atoms with Crippen molar-refractivity contribution >= 4 is 17.3 Å². The van der Waals surface area contributed by atoms with E-state index in [-0.39, 0.29) is 6.10 Å².